The van der Waals surface area contributed by atoms with Crippen LogP contribution in [-0.2, 0) is 16.4 Å². The Bertz CT molecular complexity index is 852. The van der Waals surface area contributed by atoms with Crippen LogP contribution in [0.2, 0.25) is 0 Å². The lowest BCUT2D eigenvalue weighted by Gasteiger charge is -2.18. The summed E-state index contributed by atoms with van der Waals surface area (Å²) in [5, 5.41) is 10.6. The molecule has 0 bridgehead atoms. The molecule has 22 heavy (non-hydrogen) atoms. The fourth-order valence-electron chi connectivity index (χ4n) is 2.31. The van der Waals surface area contributed by atoms with E-state index in [1.807, 2.05) is 6.07 Å². The van der Waals surface area contributed by atoms with Crippen molar-refractivity contribution in [1.82, 2.24) is 4.98 Å². The van der Waals surface area contributed by atoms with Gasteiger partial charge in [0.15, 0.2) is 0 Å². The maximum absolute atomic E-state index is 12.7. The molecule has 0 N–H and O–H groups in total. The highest BCUT2D eigenvalue weighted by molar-refractivity contribution is 9.10. The normalized spacial score (nSPS) is 14.0. The van der Waals surface area contributed by atoms with Crippen LogP contribution in [0.5, 0.6) is 0 Å². The molecule has 9 heteroatoms. The Kier molecular flexibility index (Phi) is 3.61. The standard InChI is InChI=1S/C13H10BrN3O4S/c14-10-7-9-5-6-16(13(9)15-8-10)22(20,21)12-3-1-11(2-4-12)17(18)19/h1-4,7-8H,5-6H2. The van der Waals surface area contributed by atoms with Gasteiger partial charge in [-0.1, -0.05) is 0 Å². The number of benzene rings is 1. The molecule has 3 rings (SSSR count). The lowest BCUT2D eigenvalue weighted by molar-refractivity contribution is -0.384. The average molecular weight is 384 g/mol. The molecule has 0 fully saturated rings. The minimum absolute atomic E-state index is 0.00988. The Morgan fingerprint density at radius 2 is 1.95 bits per heavy atom. The molecular formula is C13H10BrN3O4S. The van der Waals surface area contributed by atoms with Crippen molar-refractivity contribution >= 4 is 37.5 Å². The number of aromatic nitrogens is 1. The highest BCUT2D eigenvalue weighted by Crippen LogP contribution is 2.32. The zero-order valence-corrected chi connectivity index (χ0v) is 13.5. The largest absolute Gasteiger partial charge is 0.269 e. The summed E-state index contributed by atoms with van der Waals surface area (Å²) in [4.78, 5) is 14.3. The molecule has 1 aromatic carbocycles. The Labute approximate surface area is 134 Å². The van der Waals surface area contributed by atoms with Crippen molar-refractivity contribution < 1.29 is 13.3 Å². The van der Waals surface area contributed by atoms with Gasteiger partial charge in [0.05, 0.1) is 9.82 Å². The van der Waals surface area contributed by atoms with E-state index in [-0.39, 0.29) is 10.6 Å². The number of pyridine rings is 1. The number of anilines is 1. The number of nitro groups is 1. The number of rotatable bonds is 3. The molecule has 114 valence electrons. The van der Waals surface area contributed by atoms with Gasteiger partial charge in [0, 0.05) is 29.3 Å². The Morgan fingerprint density at radius 1 is 1.27 bits per heavy atom. The smallest absolute Gasteiger partial charge is 0.258 e. The molecule has 1 aliphatic rings. The molecule has 1 aromatic heterocycles. The Hall–Kier alpha value is -2.00. The monoisotopic (exact) mass is 383 g/mol. The van der Waals surface area contributed by atoms with Gasteiger partial charge in [0.1, 0.15) is 5.82 Å². The van der Waals surface area contributed by atoms with Gasteiger partial charge in [-0.2, -0.15) is 0 Å². The summed E-state index contributed by atoms with van der Waals surface area (Å²) >= 11 is 3.31. The van der Waals surface area contributed by atoms with Crippen LogP contribution in [0.1, 0.15) is 5.56 Å². The lowest BCUT2D eigenvalue weighted by atomic mass is 10.2. The molecule has 2 aromatic rings. The van der Waals surface area contributed by atoms with E-state index < -0.39 is 14.9 Å². The molecular weight excluding hydrogens is 374 g/mol. The predicted molar refractivity (Wildman–Crippen MR) is 83.3 cm³/mol. The molecule has 2 heterocycles. The quantitative estimate of drug-likeness (QED) is 0.599. The third-order valence-electron chi connectivity index (χ3n) is 3.37. The molecule has 0 unspecified atom stereocenters. The summed E-state index contributed by atoms with van der Waals surface area (Å²) in [7, 11) is -3.77. The summed E-state index contributed by atoms with van der Waals surface area (Å²) in [5.41, 5.74) is 0.697. The maximum Gasteiger partial charge on any atom is 0.269 e. The summed E-state index contributed by atoms with van der Waals surface area (Å²) in [5.74, 6) is 0.404. The first-order valence-electron chi connectivity index (χ1n) is 6.31. The van der Waals surface area contributed by atoms with E-state index in [0.717, 1.165) is 10.0 Å². The third-order valence-corrected chi connectivity index (χ3v) is 5.60. The lowest BCUT2D eigenvalue weighted by Crippen LogP contribution is -2.29. The highest BCUT2D eigenvalue weighted by atomic mass is 79.9. The maximum atomic E-state index is 12.7. The van der Waals surface area contributed by atoms with Gasteiger partial charge < -0.3 is 0 Å². The number of sulfonamides is 1. The minimum Gasteiger partial charge on any atom is -0.258 e. The van der Waals surface area contributed by atoms with Gasteiger partial charge in [-0.25, -0.2) is 17.7 Å². The first kappa shape index (κ1) is 14.9. The second-order valence-corrected chi connectivity index (χ2v) is 7.49. The van der Waals surface area contributed by atoms with Crippen molar-refractivity contribution in [2.75, 3.05) is 10.8 Å². The van der Waals surface area contributed by atoms with Crippen LogP contribution >= 0.6 is 15.9 Å². The van der Waals surface area contributed by atoms with Gasteiger partial charge in [-0.15, -0.1) is 0 Å². The number of fused-ring (bicyclic) bond motifs is 1. The number of nitrogens with zero attached hydrogens (tertiary/aromatic N) is 3. The van der Waals surface area contributed by atoms with Gasteiger partial charge >= 0.3 is 0 Å². The molecule has 0 atom stereocenters. The van der Waals surface area contributed by atoms with E-state index in [9.17, 15) is 18.5 Å². The second kappa shape index (κ2) is 5.33. The number of halogens is 1. The van der Waals surface area contributed by atoms with Gasteiger partial charge in [-0.3, -0.25) is 10.1 Å². The molecule has 1 aliphatic heterocycles. The molecule has 7 nitrogen and oxygen atoms in total. The Balaban J connectivity index is 2.00. The van der Waals surface area contributed by atoms with E-state index in [4.69, 9.17) is 0 Å². The van der Waals surface area contributed by atoms with E-state index in [0.29, 0.717) is 18.8 Å². The zero-order chi connectivity index (χ0) is 15.9. The molecule has 0 spiro atoms. The fourth-order valence-corrected chi connectivity index (χ4v) is 4.15. The van der Waals surface area contributed by atoms with Crippen molar-refractivity contribution in [1.29, 1.82) is 0 Å². The van der Waals surface area contributed by atoms with Crippen LogP contribution in [0.25, 0.3) is 0 Å². The van der Waals surface area contributed by atoms with Crippen molar-refractivity contribution in [2.24, 2.45) is 0 Å². The Morgan fingerprint density at radius 3 is 2.59 bits per heavy atom. The van der Waals surface area contributed by atoms with Gasteiger partial charge in [0.2, 0.25) is 0 Å². The molecule has 0 radical (unpaired) electrons. The third kappa shape index (κ3) is 2.46. The SMILES string of the molecule is O=[N+]([O-])c1ccc(S(=O)(=O)N2CCc3cc(Br)cnc32)cc1. The van der Waals surface area contributed by atoms with Crippen molar-refractivity contribution in [2.45, 2.75) is 11.3 Å². The van der Waals surface area contributed by atoms with Crippen LogP contribution < -0.4 is 4.31 Å². The summed E-state index contributed by atoms with van der Waals surface area (Å²) < 4.78 is 27.4. The van der Waals surface area contributed by atoms with E-state index in [1.165, 1.54) is 28.6 Å². The van der Waals surface area contributed by atoms with Crippen molar-refractivity contribution in [3.8, 4) is 0 Å². The molecule has 0 saturated carbocycles. The van der Waals surface area contributed by atoms with Crippen LogP contribution in [0.4, 0.5) is 11.5 Å². The zero-order valence-electron chi connectivity index (χ0n) is 11.1. The van der Waals surface area contributed by atoms with Gasteiger partial charge in [0.25, 0.3) is 15.7 Å². The topological polar surface area (TPSA) is 93.4 Å². The highest BCUT2D eigenvalue weighted by Gasteiger charge is 2.32. The first-order valence-corrected chi connectivity index (χ1v) is 8.54. The van der Waals surface area contributed by atoms with E-state index >= 15 is 0 Å². The van der Waals surface area contributed by atoms with Crippen LogP contribution in [0.3, 0.4) is 0 Å². The number of non-ortho nitro benzene ring substituents is 1. The summed E-state index contributed by atoms with van der Waals surface area (Å²) in [6, 6.07) is 6.68. The first-order chi connectivity index (χ1) is 10.4. The van der Waals surface area contributed by atoms with Crippen molar-refractivity contribution in [3.05, 3.63) is 56.7 Å². The molecule has 0 amide bonds. The van der Waals surface area contributed by atoms with Gasteiger partial charge in [-0.05, 0) is 46.1 Å². The molecule has 0 aliphatic carbocycles. The van der Waals surface area contributed by atoms with Crippen LogP contribution in [0, 0.1) is 10.1 Å². The summed E-state index contributed by atoms with van der Waals surface area (Å²) in [6.45, 7) is 0.304. The fraction of sp³-hybridized carbons (Fsp3) is 0.154. The summed E-state index contributed by atoms with van der Waals surface area (Å²) in [6.07, 6.45) is 2.12. The van der Waals surface area contributed by atoms with Crippen LogP contribution in [0.15, 0.2) is 45.9 Å². The number of hydrogen-bond acceptors (Lipinski definition) is 5. The average Bonchev–Trinajstić information content (AvgIpc) is 2.91. The van der Waals surface area contributed by atoms with E-state index in [2.05, 4.69) is 20.9 Å². The van der Waals surface area contributed by atoms with E-state index in [1.54, 1.807) is 6.20 Å². The predicted octanol–water partition coefficient (Wildman–Crippen LogP) is 2.50. The van der Waals surface area contributed by atoms with Crippen LogP contribution in [-0.4, -0.2) is 24.9 Å². The number of nitro benzene ring substituents is 1. The van der Waals surface area contributed by atoms with Crippen molar-refractivity contribution in [3.63, 3.8) is 0 Å². The molecule has 0 saturated heterocycles. The number of hydrogen-bond donors (Lipinski definition) is 0. The minimum atomic E-state index is -3.77. The second-order valence-electron chi connectivity index (χ2n) is 4.71.